The molecular weight excluding hydrogens is 397 g/mol. The fourth-order valence-electron chi connectivity index (χ4n) is 5.02. The van der Waals surface area contributed by atoms with E-state index in [9.17, 15) is 14.6 Å². The van der Waals surface area contributed by atoms with Gasteiger partial charge in [-0.05, 0) is 63.7 Å². The summed E-state index contributed by atoms with van der Waals surface area (Å²) in [5.41, 5.74) is 3.29. The average molecular weight is 426 g/mol. The number of hydrogen-bond acceptors (Lipinski definition) is 5. The summed E-state index contributed by atoms with van der Waals surface area (Å²) in [6, 6.07) is 4.61. The lowest BCUT2D eigenvalue weighted by Gasteiger charge is -2.30. The molecule has 0 unspecified atom stereocenters. The van der Waals surface area contributed by atoms with E-state index in [1.807, 2.05) is 6.08 Å². The van der Waals surface area contributed by atoms with Crippen molar-refractivity contribution in [3.05, 3.63) is 53.0 Å². The fourth-order valence-corrected chi connectivity index (χ4v) is 5.02. The van der Waals surface area contributed by atoms with E-state index < -0.39 is 0 Å². The minimum Gasteiger partial charge on any atom is -0.494 e. The van der Waals surface area contributed by atoms with Crippen molar-refractivity contribution in [2.45, 2.75) is 51.0 Å². The van der Waals surface area contributed by atoms with Crippen LogP contribution in [0.5, 0.6) is 11.8 Å². The number of nitrogens with zero attached hydrogens (tertiary/aromatic N) is 3. The first kappa shape index (κ1) is 20.1. The van der Waals surface area contributed by atoms with E-state index in [0.717, 1.165) is 80.4 Å². The summed E-state index contributed by atoms with van der Waals surface area (Å²) < 4.78 is 20.3. The Morgan fingerprint density at radius 1 is 1.03 bits per heavy atom. The first-order chi connectivity index (χ1) is 15.1. The number of hydrogen-bond donors (Lipinski definition) is 2. The molecule has 164 valence electrons. The van der Waals surface area contributed by atoms with Crippen molar-refractivity contribution < 1.29 is 19.1 Å². The van der Waals surface area contributed by atoms with Crippen LogP contribution in [0, 0.1) is 5.82 Å². The maximum Gasteiger partial charge on any atom is 0.197 e. The molecule has 2 aromatic heterocycles. The van der Waals surface area contributed by atoms with Gasteiger partial charge in [0.2, 0.25) is 0 Å². The number of aromatic nitrogens is 2. The lowest BCUT2D eigenvalue weighted by Crippen LogP contribution is -2.33. The van der Waals surface area contributed by atoms with Crippen LogP contribution >= 0.6 is 0 Å². The highest BCUT2D eigenvalue weighted by Gasteiger charge is 2.25. The number of halogens is 1. The largest absolute Gasteiger partial charge is 0.494 e. The predicted octanol–water partition coefficient (Wildman–Crippen LogP) is 4.49. The quantitative estimate of drug-likeness (QED) is 0.589. The Labute approximate surface area is 180 Å². The summed E-state index contributed by atoms with van der Waals surface area (Å²) >= 11 is 0. The number of rotatable bonds is 5. The van der Waals surface area contributed by atoms with Gasteiger partial charge in [0.25, 0.3) is 0 Å². The monoisotopic (exact) mass is 425 g/mol. The van der Waals surface area contributed by atoms with Gasteiger partial charge >= 0.3 is 0 Å². The van der Waals surface area contributed by atoms with E-state index in [-0.39, 0.29) is 17.6 Å². The summed E-state index contributed by atoms with van der Waals surface area (Å²) in [7, 11) is 0. The van der Waals surface area contributed by atoms with Crippen LogP contribution in [0.3, 0.4) is 0 Å². The van der Waals surface area contributed by atoms with E-state index in [1.165, 1.54) is 12.1 Å². The Balaban J connectivity index is 1.15. The molecule has 1 saturated heterocycles. The third kappa shape index (κ3) is 3.83. The molecule has 1 aliphatic heterocycles. The molecule has 1 aromatic carbocycles. The van der Waals surface area contributed by atoms with Crippen LogP contribution in [0.2, 0.25) is 0 Å². The zero-order valence-electron chi connectivity index (χ0n) is 17.6. The van der Waals surface area contributed by atoms with Crippen molar-refractivity contribution in [1.29, 1.82) is 0 Å². The minimum absolute atomic E-state index is 0.220. The number of aromatic hydroxyl groups is 2. The molecule has 0 atom stereocenters. The lowest BCUT2D eigenvalue weighted by molar-refractivity contribution is 0.228. The maximum atomic E-state index is 13.4. The number of allylic oxidation sites excluding steroid dienone is 1. The van der Waals surface area contributed by atoms with Crippen LogP contribution in [0.1, 0.15) is 48.4 Å². The average Bonchev–Trinajstić information content (AvgIpc) is 3.31. The third-order valence-corrected chi connectivity index (χ3v) is 6.77. The Hall–Kier alpha value is -2.80. The molecule has 0 bridgehead atoms. The van der Waals surface area contributed by atoms with Gasteiger partial charge in [-0.3, -0.25) is 9.47 Å². The van der Waals surface area contributed by atoms with Crippen LogP contribution in [0.25, 0.3) is 11.0 Å². The summed E-state index contributed by atoms with van der Waals surface area (Å²) in [6.45, 7) is 3.22. The first-order valence-electron chi connectivity index (χ1n) is 11.2. The second kappa shape index (κ2) is 8.38. The predicted molar refractivity (Wildman–Crippen MR) is 116 cm³/mol. The number of benzene rings is 1. The normalized spacial score (nSPS) is 18.2. The molecule has 1 fully saturated rings. The van der Waals surface area contributed by atoms with Crippen LogP contribution in [0.4, 0.5) is 4.39 Å². The zero-order valence-corrected chi connectivity index (χ0v) is 17.6. The minimum atomic E-state index is -0.307. The van der Waals surface area contributed by atoms with Gasteiger partial charge < -0.3 is 14.7 Å². The van der Waals surface area contributed by atoms with Crippen molar-refractivity contribution in [3.63, 3.8) is 0 Å². The topological polar surface area (TPSA) is 74.7 Å². The van der Waals surface area contributed by atoms with Crippen molar-refractivity contribution >= 4 is 11.0 Å². The van der Waals surface area contributed by atoms with Crippen LogP contribution in [-0.4, -0.2) is 44.5 Å². The molecule has 3 heterocycles. The van der Waals surface area contributed by atoms with Crippen LogP contribution < -0.4 is 0 Å². The molecular formula is C24H28FN3O3. The molecule has 5 rings (SSSR count). The number of piperidine rings is 1. The van der Waals surface area contributed by atoms with Gasteiger partial charge in [-0.2, -0.15) is 0 Å². The van der Waals surface area contributed by atoms with Gasteiger partial charge in [0.05, 0.1) is 5.69 Å². The van der Waals surface area contributed by atoms with Crippen molar-refractivity contribution in [1.82, 2.24) is 14.6 Å². The zero-order chi connectivity index (χ0) is 21.4. The summed E-state index contributed by atoms with van der Waals surface area (Å²) in [4.78, 5) is 2.38. The molecule has 0 spiro atoms. The Morgan fingerprint density at radius 3 is 2.42 bits per heavy atom. The fraction of sp³-hybridized carbons (Fsp3) is 0.458. The highest BCUT2D eigenvalue weighted by Crippen LogP contribution is 2.38. The van der Waals surface area contributed by atoms with Crippen molar-refractivity contribution in [2.75, 3.05) is 19.6 Å². The van der Waals surface area contributed by atoms with Crippen molar-refractivity contribution in [2.24, 2.45) is 0 Å². The summed E-state index contributed by atoms with van der Waals surface area (Å²) in [5, 5.41) is 26.0. The molecule has 2 N–H and O–H groups in total. The molecule has 3 aromatic rings. The highest BCUT2D eigenvalue weighted by molar-refractivity contribution is 5.79. The standard InChI is InChI=1S/C24H28FN3O3/c25-17-7-8-20-21(15-17)31-26-22(20)16-9-13-27(14-10-16)11-3-4-12-28-23(29)18-5-1-2-6-19(18)24(28)30/h3-4,7-8,15-16,29-30H,1-2,5-6,9-14H2. The molecule has 0 saturated carbocycles. The van der Waals surface area contributed by atoms with Crippen molar-refractivity contribution in [3.8, 4) is 11.8 Å². The Morgan fingerprint density at radius 2 is 1.71 bits per heavy atom. The third-order valence-electron chi connectivity index (χ3n) is 6.77. The van der Waals surface area contributed by atoms with E-state index in [0.29, 0.717) is 18.0 Å². The van der Waals surface area contributed by atoms with Crippen LogP contribution in [0.15, 0.2) is 34.9 Å². The molecule has 7 heteroatoms. The van der Waals surface area contributed by atoms with E-state index >= 15 is 0 Å². The smallest absolute Gasteiger partial charge is 0.197 e. The SMILES string of the molecule is Oc1c2c(c(O)n1CC=CCN1CCC(c3noc4cc(F)ccc34)CC1)CCCC2. The molecule has 0 amide bonds. The number of likely N-dealkylation sites (tertiary alicyclic amines) is 1. The number of fused-ring (bicyclic) bond motifs is 2. The van der Waals surface area contributed by atoms with E-state index in [4.69, 9.17) is 4.52 Å². The second-order valence-electron chi connectivity index (χ2n) is 8.68. The van der Waals surface area contributed by atoms with Gasteiger partial charge in [0, 0.05) is 41.6 Å². The molecule has 2 aliphatic rings. The summed E-state index contributed by atoms with van der Waals surface area (Å²) in [6.07, 6.45) is 9.90. The molecule has 31 heavy (non-hydrogen) atoms. The van der Waals surface area contributed by atoms with E-state index in [1.54, 1.807) is 10.6 Å². The Kier molecular flexibility index (Phi) is 5.44. The van der Waals surface area contributed by atoms with Gasteiger partial charge in [-0.25, -0.2) is 4.39 Å². The molecule has 0 radical (unpaired) electrons. The summed E-state index contributed by atoms with van der Waals surface area (Å²) in [5.74, 6) is 0.459. The van der Waals surface area contributed by atoms with E-state index in [2.05, 4.69) is 16.1 Å². The first-order valence-corrected chi connectivity index (χ1v) is 11.2. The van der Waals surface area contributed by atoms with Gasteiger partial charge in [-0.15, -0.1) is 0 Å². The molecule has 1 aliphatic carbocycles. The lowest BCUT2D eigenvalue weighted by atomic mass is 9.91. The van der Waals surface area contributed by atoms with Gasteiger partial charge in [-0.1, -0.05) is 17.3 Å². The molecule has 6 nitrogen and oxygen atoms in total. The second-order valence-corrected chi connectivity index (χ2v) is 8.68. The van der Waals surface area contributed by atoms with Crippen LogP contribution in [-0.2, 0) is 19.4 Å². The highest BCUT2D eigenvalue weighted by atomic mass is 19.1. The Bertz CT molecular complexity index is 1080. The maximum absolute atomic E-state index is 13.4. The van der Waals surface area contributed by atoms with Gasteiger partial charge in [0.15, 0.2) is 17.3 Å². The van der Waals surface area contributed by atoms with Gasteiger partial charge in [0.1, 0.15) is 5.82 Å².